The molecular formula is C21H18F5N3O2. The van der Waals surface area contributed by atoms with E-state index < -0.39 is 41.6 Å². The van der Waals surface area contributed by atoms with Gasteiger partial charge in [0.25, 0.3) is 0 Å². The van der Waals surface area contributed by atoms with Gasteiger partial charge in [-0.05, 0) is 49.9 Å². The summed E-state index contributed by atoms with van der Waals surface area (Å²) in [6.45, 7) is 2.84. The Morgan fingerprint density at radius 2 is 1.90 bits per heavy atom. The number of nitrogens with one attached hydrogen (secondary N) is 1. The van der Waals surface area contributed by atoms with Crippen LogP contribution in [0.4, 0.5) is 27.6 Å². The number of phenols is 1. The van der Waals surface area contributed by atoms with Gasteiger partial charge in [0.2, 0.25) is 0 Å². The van der Waals surface area contributed by atoms with Crippen molar-refractivity contribution >= 4 is 16.6 Å². The normalized spacial score (nSPS) is 21.2. The van der Waals surface area contributed by atoms with Crippen molar-refractivity contribution in [3.8, 4) is 5.75 Å². The van der Waals surface area contributed by atoms with Crippen molar-refractivity contribution in [1.29, 1.82) is 0 Å². The summed E-state index contributed by atoms with van der Waals surface area (Å²) >= 11 is 0. The zero-order valence-corrected chi connectivity index (χ0v) is 16.5. The van der Waals surface area contributed by atoms with Gasteiger partial charge in [-0.2, -0.15) is 13.2 Å². The van der Waals surface area contributed by atoms with E-state index in [0.29, 0.717) is 0 Å². The number of halogens is 5. The number of hydrogen-bond donors (Lipinski definition) is 3. The molecule has 0 fully saturated rings. The van der Waals surface area contributed by atoms with E-state index in [0.717, 1.165) is 6.07 Å². The molecule has 1 aromatic heterocycles. The molecule has 0 amide bonds. The zero-order chi connectivity index (χ0) is 22.7. The number of aromatic nitrogens is 2. The second-order valence-corrected chi connectivity index (χ2v) is 7.70. The highest BCUT2D eigenvalue weighted by atomic mass is 19.4. The third-order valence-corrected chi connectivity index (χ3v) is 5.72. The summed E-state index contributed by atoms with van der Waals surface area (Å²) < 4.78 is 70.3. The molecule has 1 aliphatic carbocycles. The van der Waals surface area contributed by atoms with Gasteiger partial charge in [-0.15, -0.1) is 0 Å². The molecule has 2 atom stereocenters. The number of fused-ring (bicyclic) bond motifs is 2. The second kappa shape index (κ2) is 7.01. The number of nitrogens with zero attached hydrogens (tertiary/aromatic N) is 2. The molecule has 0 spiro atoms. The molecule has 164 valence electrons. The third kappa shape index (κ3) is 3.25. The maximum atomic E-state index is 14.2. The number of benzene rings is 2. The maximum Gasteiger partial charge on any atom is 0.419 e. The quantitative estimate of drug-likeness (QED) is 0.508. The van der Waals surface area contributed by atoms with Gasteiger partial charge in [0.05, 0.1) is 6.04 Å². The highest BCUT2D eigenvalue weighted by Crippen LogP contribution is 2.51. The van der Waals surface area contributed by atoms with E-state index in [1.165, 1.54) is 25.3 Å². The third-order valence-electron chi connectivity index (χ3n) is 5.72. The van der Waals surface area contributed by atoms with Crippen LogP contribution >= 0.6 is 0 Å². The summed E-state index contributed by atoms with van der Waals surface area (Å²) in [5.41, 5.74) is -3.44. The van der Waals surface area contributed by atoms with Gasteiger partial charge in [-0.25, -0.2) is 18.7 Å². The number of rotatable bonds is 2. The summed E-state index contributed by atoms with van der Waals surface area (Å²) in [5, 5.41) is 23.7. The van der Waals surface area contributed by atoms with Crippen molar-refractivity contribution in [3.63, 3.8) is 0 Å². The van der Waals surface area contributed by atoms with Crippen LogP contribution in [0.3, 0.4) is 0 Å². The molecule has 0 saturated carbocycles. The molecular weight excluding hydrogens is 421 g/mol. The molecule has 1 aliphatic rings. The van der Waals surface area contributed by atoms with Crippen molar-refractivity contribution < 1.29 is 32.2 Å². The molecule has 0 saturated heterocycles. The van der Waals surface area contributed by atoms with Crippen molar-refractivity contribution in [2.45, 2.75) is 44.5 Å². The predicted molar refractivity (Wildman–Crippen MR) is 103 cm³/mol. The van der Waals surface area contributed by atoms with E-state index in [-0.39, 0.29) is 45.5 Å². The van der Waals surface area contributed by atoms with Crippen LogP contribution in [-0.2, 0) is 6.42 Å². The number of aliphatic hydroxyl groups is 1. The van der Waals surface area contributed by atoms with Gasteiger partial charge in [0.15, 0.2) is 17.2 Å². The molecule has 5 nitrogen and oxygen atoms in total. The van der Waals surface area contributed by atoms with Gasteiger partial charge < -0.3 is 15.5 Å². The minimum atomic E-state index is -5.04. The predicted octanol–water partition coefficient (Wildman–Crippen LogP) is 4.62. The molecule has 2 unspecified atom stereocenters. The first kappa shape index (κ1) is 21.2. The first-order valence-corrected chi connectivity index (χ1v) is 9.42. The molecule has 10 heteroatoms. The number of phenolic OH excluding ortho intramolecular Hbond substituents is 1. The first-order valence-electron chi connectivity index (χ1n) is 9.42. The summed E-state index contributed by atoms with van der Waals surface area (Å²) in [6.07, 6.45) is -4.94. The van der Waals surface area contributed by atoms with E-state index in [1.807, 2.05) is 0 Å². The van der Waals surface area contributed by atoms with Gasteiger partial charge in [-0.3, -0.25) is 0 Å². The van der Waals surface area contributed by atoms with Gasteiger partial charge >= 0.3 is 6.18 Å². The summed E-state index contributed by atoms with van der Waals surface area (Å²) in [6, 6.07) is 1.64. The van der Waals surface area contributed by atoms with E-state index in [1.54, 1.807) is 6.92 Å². The van der Waals surface area contributed by atoms with Crippen molar-refractivity contribution in [2.75, 3.05) is 5.32 Å². The van der Waals surface area contributed by atoms with Crippen LogP contribution < -0.4 is 5.32 Å². The van der Waals surface area contributed by atoms with Gasteiger partial charge in [0, 0.05) is 22.8 Å². The molecule has 2 aromatic carbocycles. The van der Waals surface area contributed by atoms with Crippen molar-refractivity contribution in [1.82, 2.24) is 9.97 Å². The number of anilines is 1. The smallest absolute Gasteiger partial charge is 0.419 e. The zero-order valence-electron chi connectivity index (χ0n) is 16.5. The van der Waals surface area contributed by atoms with E-state index in [4.69, 9.17) is 0 Å². The average Bonchev–Trinajstić information content (AvgIpc) is 2.69. The lowest BCUT2D eigenvalue weighted by molar-refractivity contribution is -0.270. The second-order valence-electron chi connectivity index (χ2n) is 7.70. The Morgan fingerprint density at radius 3 is 2.58 bits per heavy atom. The Bertz CT molecular complexity index is 1200. The minimum absolute atomic E-state index is 0.0203. The van der Waals surface area contributed by atoms with Crippen LogP contribution in [0.2, 0.25) is 0 Å². The van der Waals surface area contributed by atoms with Crippen LogP contribution in [0, 0.1) is 25.5 Å². The Kier molecular flexibility index (Phi) is 4.80. The number of aryl methyl sites for hydroxylation is 2. The van der Waals surface area contributed by atoms with Crippen LogP contribution in [0.25, 0.3) is 10.9 Å². The van der Waals surface area contributed by atoms with Crippen molar-refractivity contribution in [3.05, 3.63) is 58.5 Å². The van der Waals surface area contributed by atoms with Crippen LogP contribution in [0.15, 0.2) is 24.4 Å². The average molecular weight is 439 g/mol. The molecule has 0 aliphatic heterocycles. The van der Waals surface area contributed by atoms with Gasteiger partial charge in [0.1, 0.15) is 17.2 Å². The number of alkyl halides is 3. The highest BCUT2D eigenvalue weighted by molar-refractivity contribution is 5.91. The minimum Gasteiger partial charge on any atom is -0.505 e. The Balaban J connectivity index is 1.93. The lowest BCUT2D eigenvalue weighted by Crippen LogP contribution is -2.54. The fourth-order valence-electron chi connectivity index (χ4n) is 4.04. The largest absolute Gasteiger partial charge is 0.505 e. The standard InChI is InChI=1S/C21H18F5N3O2/c1-9-7-12-11(18(30)16(9)23)5-6-20(31,21(24,25)26)19(12)29-15-4-3-14(22)17-13(15)8-27-10(2)28-17/h3-4,7-8,19,29-31H,5-6H2,1-2H3. The molecule has 1 heterocycles. The molecule has 3 N–H and O–H groups in total. The highest BCUT2D eigenvalue weighted by Gasteiger charge is 2.61. The SMILES string of the molecule is Cc1ncc2c(NC3c4cc(C)c(F)c(O)c4CCC3(O)C(F)(F)F)ccc(F)c2n1. The number of hydrogen-bond acceptors (Lipinski definition) is 5. The van der Waals surface area contributed by atoms with E-state index >= 15 is 0 Å². The summed E-state index contributed by atoms with van der Waals surface area (Å²) in [5.74, 6) is -2.08. The maximum absolute atomic E-state index is 14.2. The molecule has 4 rings (SSSR count). The monoisotopic (exact) mass is 439 g/mol. The topological polar surface area (TPSA) is 78.3 Å². The Hall–Kier alpha value is -3.01. The van der Waals surface area contributed by atoms with E-state index in [9.17, 15) is 32.2 Å². The lowest BCUT2D eigenvalue weighted by Gasteiger charge is -2.43. The molecule has 3 aromatic rings. The van der Waals surface area contributed by atoms with Crippen LogP contribution in [0.5, 0.6) is 5.75 Å². The van der Waals surface area contributed by atoms with Crippen molar-refractivity contribution in [2.24, 2.45) is 0 Å². The number of aromatic hydroxyl groups is 1. The Morgan fingerprint density at radius 1 is 1.19 bits per heavy atom. The van der Waals surface area contributed by atoms with E-state index in [2.05, 4.69) is 15.3 Å². The summed E-state index contributed by atoms with van der Waals surface area (Å²) in [4.78, 5) is 7.98. The Labute approximate surface area is 173 Å². The van der Waals surface area contributed by atoms with Gasteiger partial charge in [-0.1, -0.05) is 6.07 Å². The fraction of sp³-hybridized carbons (Fsp3) is 0.333. The van der Waals surface area contributed by atoms with Crippen LogP contribution in [-0.4, -0.2) is 32.0 Å². The first-order chi connectivity index (χ1) is 14.4. The fourth-order valence-corrected chi connectivity index (χ4v) is 4.04. The lowest BCUT2D eigenvalue weighted by atomic mass is 9.74. The molecule has 0 radical (unpaired) electrons. The molecule has 31 heavy (non-hydrogen) atoms. The summed E-state index contributed by atoms with van der Waals surface area (Å²) in [7, 11) is 0. The van der Waals surface area contributed by atoms with Crippen LogP contribution in [0.1, 0.15) is 35.0 Å². The molecule has 0 bridgehead atoms.